The number of nitrogens with one attached hydrogen (secondary N) is 1. The first-order valence-electron chi connectivity index (χ1n) is 6.87. The van der Waals surface area contributed by atoms with Crippen LogP contribution in [0.5, 0.6) is 0 Å². The summed E-state index contributed by atoms with van der Waals surface area (Å²) in [7, 11) is 0. The van der Waals surface area contributed by atoms with Crippen molar-refractivity contribution in [3.8, 4) is 0 Å². The van der Waals surface area contributed by atoms with Gasteiger partial charge in [0.2, 0.25) is 0 Å². The van der Waals surface area contributed by atoms with Gasteiger partial charge in [0.05, 0.1) is 0 Å². The minimum absolute atomic E-state index is 0.179. The van der Waals surface area contributed by atoms with Crippen LogP contribution in [0, 0.1) is 0 Å². The monoisotopic (exact) mass is 277 g/mol. The van der Waals surface area contributed by atoms with Crippen LogP contribution in [0.1, 0.15) is 23.6 Å². The van der Waals surface area contributed by atoms with Crippen LogP contribution in [0.3, 0.4) is 0 Å². The highest BCUT2D eigenvalue weighted by atomic mass is 16.2. The molecule has 4 nitrogen and oxygen atoms in total. The number of benzene rings is 1. The van der Waals surface area contributed by atoms with Crippen LogP contribution in [0.25, 0.3) is 6.08 Å². The van der Waals surface area contributed by atoms with E-state index in [-0.39, 0.29) is 5.91 Å². The van der Waals surface area contributed by atoms with Crippen LogP contribution in [0.15, 0.2) is 59.5 Å². The zero-order valence-corrected chi connectivity index (χ0v) is 11.7. The number of aliphatic imine (C=N–C) groups is 1. The van der Waals surface area contributed by atoms with Gasteiger partial charge >= 0.3 is 0 Å². The number of carbonyl (C=O) groups is 1. The Morgan fingerprint density at radius 3 is 2.48 bits per heavy atom. The lowest BCUT2D eigenvalue weighted by molar-refractivity contribution is -0.115. The van der Waals surface area contributed by atoms with Gasteiger partial charge in [-0.3, -0.25) is 9.78 Å². The summed E-state index contributed by atoms with van der Waals surface area (Å²) in [5.41, 5.74) is 3.51. The number of aromatic nitrogens is 1. The second-order valence-electron chi connectivity index (χ2n) is 4.78. The molecule has 0 saturated carbocycles. The van der Waals surface area contributed by atoms with Gasteiger partial charge in [-0.15, -0.1) is 0 Å². The van der Waals surface area contributed by atoms with Crippen molar-refractivity contribution in [1.29, 1.82) is 0 Å². The summed E-state index contributed by atoms with van der Waals surface area (Å²) in [6, 6.07) is 11.8. The first-order valence-corrected chi connectivity index (χ1v) is 6.87. The van der Waals surface area contributed by atoms with E-state index in [0.717, 1.165) is 17.5 Å². The Morgan fingerprint density at radius 2 is 1.81 bits per heavy atom. The molecule has 0 unspecified atom stereocenters. The lowest BCUT2D eigenvalue weighted by Gasteiger charge is -1.98. The SMILES string of the molecule is CCc1ccc(/C=C2/N=C(c3ccncc3)NC2=O)cc1. The van der Waals surface area contributed by atoms with Crippen molar-refractivity contribution in [2.24, 2.45) is 4.99 Å². The lowest BCUT2D eigenvalue weighted by atomic mass is 10.1. The van der Waals surface area contributed by atoms with E-state index in [1.165, 1.54) is 5.56 Å². The van der Waals surface area contributed by atoms with Crippen LogP contribution in [0.4, 0.5) is 0 Å². The highest BCUT2D eigenvalue weighted by molar-refractivity contribution is 6.19. The van der Waals surface area contributed by atoms with Gasteiger partial charge in [-0.2, -0.15) is 0 Å². The number of carbonyl (C=O) groups excluding carboxylic acids is 1. The van der Waals surface area contributed by atoms with Crippen molar-refractivity contribution in [2.45, 2.75) is 13.3 Å². The van der Waals surface area contributed by atoms with Crippen molar-refractivity contribution >= 4 is 17.8 Å². The van der Waals surface area contributed by atoms with Gasteiger partial charge in [0.15, 0.2) is 0 Å². The van der Waals surface area contributed by atoms with Gasteiger partial charge in [-0.05, 0) is 35.8 Å². The average Bonchev–Trinajstić information content (AvgIpc) is 2.90. The van der Waals surface area contributed by atoms with E-state index >= 15 is 0 Å². The van der Waals surface area contributed by atoms with Gasteiger partial charge in [-0.1, -0.05) is 31.2 Å². The van der Waals surface area contributed by atoms with Crippen LogP contribution in [-0.4, -0.2) is 16.7 Å². The fraction of sp³-hybridized carbons (Fsp3) is 0.118. The van der Waals surface area contributed by atoms with E-state index in [1.54, 1.807) is 18.5 Å². The minimum atomic E-state index is -0.179. The molecule has 0 radical (unpaired) electrons. The fourth-order valence-electron chi connectivity index (χ4n) is 2.12. The number of rotatable bonds is 3. The third kappa shape index (κ3) is 2.89. The summed E-state index contributed by atoms with van der Waals surface area (Å²) in [5, 5.41) is 2.78. The molecule has 3 rings (SSSR count). The smallest absolute Gasteiger partial charge is 0.275 e. The maximum Gasteiger partial charge on any atom is 0.275 e. The molecule has 0 fully saturated rings. The predicted octanol–water partition coefficient (Wildman–Crippen LogP) is 2.56. The average molecular weight is 277 g/mol. The molecule has 2 aromatic rings. The number of hydrogen-bond donors (Lipinski definition) is 1. The summed E-state index contributed by atoms with van der Waals surface area (Å²) < 4.78 is 0. The quantitative estimate of drug-likeness (QED) is 0.877. The Bertz CT molecular complexity index is 715. The van der Waals surface area contributed by atoms with Gasteiger partial charge in [0.25, 0.3) is 5.91 Å². The molecule has 1 aliphatic heterocycles. The zero-order valence-electron chi connectivity index (χ0n) is 11.7. The van der Waals surface area contributed by atoms with E-state index < -0.39 is 0 Å². The lowest BCUT2D eigenvalue weighted by Crippen LogP contribution is -2.24. The number of nitrogens with zero attached hydrogens (tertiary/aromatic N) is 2. The van der Waals surface area contributed by atoms with E-state index in [9.17, 15) is 4.79 Å². The van der Waals surface area contributed by atoms with Crippen molar-refractivity contribution in [3.05, 3.63) is 71.2 Å². The van der Waals surface area contributed by atoms with Crippen molar-refractivity contribution in [1.82, 2.24) is 10.3 Å². The number of amides is 1. The van der Waals surface area contributed by atoms with Gasteiger partial charge in [0.1, 0.15) is 11.5 Å². The Labute approximate surface area is 123 Å². The number of aryl methyl sites for hydroxylation is 1. The molecule has 0 aliphatic carbocycles. The highest BCUT2D eigenvalue weighted by Gasteiger charge is 2.20. The predicted molar refractivity (Wildman–Crippen MR) is 82.7 cm³/mol. The molecular weight excluding hydrogens is 262 g/mol. The second-order valence-corrected chi connectivity index (χ2v) is 4.78. The molecule has 2 heterocycles. The molecule has 104 valence electrons. The van der Waals surface area contributed by atoms with Crippen molar-refractivity contribution in [3.63, 3.8) is 0 Å². The Balaban J connectivity index is 1.89. The van der Waals surface area contributed by atoms with Crippen LogP contribution in [-0.2, 0) is 11.2 Å². The Hall–Kier alpha value is -2.75. The first kappa shape index (κ1) is 13.2. The van der Waals surface area contributed by atoms with Gasteiger partial charge in [0, 0.05) is 18.0 Å². The van der Waals surface area contributed by atoms with E-state index in [4.69, 9.17) is 0 Å². The molecule has 21 heavy (non-hydrogen) atoms. The maximum atomic E-state index is 12.0. The standard InChI is InChI=1S/C17H15N3O/c1-2-12-3-5-13(6-4-12)11-15-17(21)20-16(19-15)14-7-9-18-10-8-14/h3-11H,2H2,1H3,(H,19,20,21)/b15-11+. The second kappa shape index (κ2) is 5.71. The van der Waals surface area contributed by atoms with Crippen LogP contribution < -0.4 is 5.32 Å². The Kier molecular flexibility index (Phi) is 3.60. The number of pyridine rings is 1. The normalized spacial score (nSPS) is 16.0. The molecule has 1 N–H and O–H groups in total. The van der Waals surface area contributed by atoms with Crippen LogP contribution >= 0.6 is 0 Å². The zero-order chi connectivity index (χ0) is 14.7. The topological polar surface area (TPSA) is 54.4 Å². The molecule has 0 spiro atoms. The fourth-order valence-corrected chi connectivity index (χ4v) is 2.12. The van der Waals surface area contributed by atoms with Crippen LogP contribution in [0.2, 0.25) is 0 Å². The minimum Gasteiger partial charge on any atom is -0.305 e. The molecule has 1 aliphatic rings. The number of amidine groups is 1. The summed E-state index contributed by atoms with van der Waals surface area (Å²) in [4.78, 5) is 20.3. The van der Waals surface area contributed by atoms with Gasteiger partial charge in [-0.25, -0.2) is 4.99 Å². The molecular formula is C17H15N3O. The molecule has 1 amide bonds. The molecule has 0 atom stereocenters. The largest absolute Gasteiger partial charge is 0.305 e. The van der Waals surface area contributed by atoms with E-state index in [1.807, 2.05) is 24.3 Å². The van der Waals surface area contributed by atoms with Gasteiger partial charge < -0.3 is 5.32 Å². The molecule has 1 aromatic carbocycles. The highest BCUT2D eigenvalue weighted by Crippen LogP contribution is 2.15. The first-order chi connectivity index (χ1) is 10.3. The molecule has 1 aromatic heterocycles. The Morgan fingerprint density at radius 1 is 1.10 bits per heavy atom. The van der Waals surface area contributed by atoms with Crippen molar-refractivity contribution < 1.29 is 4.79 Å². The summed E-state index contributed by atoms with van der Waals surface area (Å²) in [5.74, 6) is 0.389. The molecule has 0 bridgehead atoms. The van der Waals surface area contributed by atoms with E-state index in [0.29, 0.717) is 11.5 Å². The summed E-state index contributed by atoms with van der Waals surface area (Å²) >= 11 is 0. The van der Waals surface area contributed by atoms with E-state index in [2.05, 4.69) is 34.3 Å². The molecule has 0 saturated heterocycles. The number of hydrogen-bond acceptors (Lipinski definition) is 3. The van der Waals surface area contributed by atoms with Crippen molar-refractivity contribution in [2.75, 3.05) is 0 Å². The maximum absolute atomic E-state index is 12.0. The third-order valence-electron chi connectivity index (χ3n) is 3.34. The summed E-state index contributed by atoms with van der Waals surface area (Å²) in [6.07, 6.45) is 6.15. The third-order valence-corrected chi connectivity index (χ3v) is 3.34. The molecule has 4 heteroatoms. The summed E-state index contributed by atoms with van der Waals surface area (Å²) in [6.45, 7) is 2.11.